The fourth-order valence-corrected chi connectivity index (χ4v) is 5.17. The zero-order chi connectivity index (χ0) is 28.0. The molecule has 0 unspecified atom stereocenters. The highest BCUT2D eigenvalue weighted by Gasteiger charge is 2.32. The number of nitrogens with zero attached hydrogens (tertiary/aromatic N) is 1. The molecule has 0 spiro atoms. The second-order valence-electron chi connectivity index (χ2n) is 10.8. The minimum Gasteiger partial charge on any atom is -0.483 e. The summed E-state index contributed by atoms with van der Waals surface area (Å²) in [5.41, 5.74) is 2.58. The summed E-state index contributed by atoms with van der Waals surface area (Å²) in [6.45, 7) is 7.94. The van der Waals surface area contributed by atoms with Crippen LogP contribution in [0.25, 0.3) is 10.8 Å². The van der Waals surface area contributed by atoms with Gasteiger partial charge in [-0.25, -0.2) is 0 Å². The van der Waals surface area contributed by atoms with Crippen molar-refractivity contribution >= 4 is 38.5 Å². The number of aryl methyl sites for hydroxylation is 1. The molecule has 39 heavy (non-hydrogen) atoms. The number of rotatable bonds is 9. The first kappa shape index (κ1) is 28.4. The molecule has 0 radical (unpaired) electrons. The Morgan fingerprint density at radius 1 is 0.897 bits per heavy atom. The summed E-state index contributed by atoms with van der Waals surface area (Å²) < 4.78 is 6.86. The zero-order valence-corrected chi connectivity index (χ0v) is 24.5. The molecule has 5 nitrogen and oxygen atoms in total. The highest BCUT2D eigenvalue weighted by atomic mass is 79.9. The van der Waals surface area contributed by atoms with Crippen LogP contribution in [-0.4, -0.2) is 34.9 Å². The lowest BCUT2D eigenvalue weighted by molar-refractivity contribution is -0.143. The van der Waals surface area contributed by atoms with Gasteiger partial charge >= 0.3 is 0 Å². The molecule has 0 aliphatic rings. The van der Waals surface area contributed by atoms with Crippen LogP contribution in [0.15, 0.2) is 95.5 Å². The van der Waals surface area contributed by atoms with Crippen LogP contribution in [0.5, 0.6) is 5.75 Å². The van der Waals surface area contributed by atoms with Gasteiger partial charge in [-0.3, -0.25) is 9.59 Å². The van der Waals surface area contributed by atoms with Crippen LogP contribution < -0.4 is 10.1 Å². The fourth-order valence-electron chi connectivity index (χ4n) is 4.56. The van der Waals surface area contributed by atoms with Gasteiger partial charge in [0.25, 0.3) is 5.91 Å². The van der Waals surface area contributed by atoms with E-state index in [0.29, 0.717) is 12.2 Å². The Labute approximate surface area is 239 Å². The minimum atomic E-state index is -0.719. The summed E-state index contributed by atoms with van der Waals surface area (Å²) in [5, 5.41) is 5.17. The topological polar surface area (TPSA) is 58.6 Å². The maximum atomic E-state index is 13.9. The van der Waals surface area contributed by atoms with E-state index in [1.807, 2.05) is 119 Å². The number of hydrogen-bond acceptors (Lipinski definition) is 3. The largest absolute Gasteiger partial charge is 0.483 e. The number of hydrogen-bond donors (Lipinski definition) is 1. The maximum Gasteiger partial charge on any atom is 0.261 e. The molecule has 4 aromatic carbocycles. The van der Waals surface area contributed by atoms with Crippen molar-refractivity contribution in [1.29, 1.82) is 0 Å². The number of fused-ring (bicyclic) bond motifs is 1. The maximum absolute atomic E-state index is 13.9. The third kappa shape index (κ3) is 7.70. The van der Waals surface area contributed by atoms with E-state index in [1.165, 1.54) is 0 Å². The average molecular weight is 588 g/mol. The van der Waals surface area contributed by atoms with Crippen molar-refractivity contribution in [3.8, 4) is 5.75 Å². The van der Waals surface area contributed by atoms with E-state index in [2.05, 4.69) is 21.2 Å². The Morgan fingerprint density at radius 3 is 2.31 bits per heavy atom. The average Bonchev–Trinajstić information content (AvgIpc) is 2.90. The summed E-state index contributed by atoms with van der Waals surface area (Å²) in [6, 6.07) is 28.9. The van der Waals surface area contributed by atoms with Gasteiger partial charge in [0.05, 0.1) is 4.47 Å². The SMILES string of the molecule is Cc1cccc(CN(C(=O)COc2ccc3ccccc3c2Br)[C@@H](Cc2ccccc2)C(=O)NC(C)(C)C)c1. The van der Waals surface area contributed by atoms with Gasteiger partial charge in [0.15, 0.2) is 6.61 Å². The lowest BCUT2D eigenvalue weighted by Crippen LogP contribution is -2.55. The van der Waals surface area contributed by atoms with Crippen molar-refractivity contribution in [2.24, 2.45) is 0 Å². The zero-order valence-electron chi connectivity index (χ0n) is 22.9. The predicted molar refractivity (Wildman–Crippen MR) is 161 cm³/mol. The van der Waals surface area contributed by atoms with Gasteiger partial charge in [0.1, 0.15) is 11.8 Å². The first-order valence-electron chi connectivity index (χ1n) is 13.1. The van der Waals surface area contributed by atoms with Gasteiger partial charge in [-0.2, -0.15) is 0 Å². The van der Waals surface area contributed by atoms with Gasteiger partial charge in [0.2, 0.25) is 5.91 Å². The summed E-state index contributed by atoms with van der Waals surface area (Å²) >= 11 is 3.65. The Morgan fingerprint density at radius 2 is 1.59 bits per heavy atom. The minimum absolute atomic E-state index is 0.195. The van der Waals surface area contributed by atoms with E-state index in [0.717, 1.165) is 31.9 Å². The summed E-state index contributed by atoms with van der Waals surface area (Å²) in [5.74, 6) is 0.122. The Bertz CT molecular complexity index is 1450. The van der Waals surface area contributed by atoms with E-state index in [1.54, 1.807) is 4.90 Å². The van der Waals surface area contributed by atoms with Crippen molar-refractivity contribution in [2.45, 2.75) is 52.2 Å². The van der Waals surface area contributed by atoms with E-state index in [4.69, 9.17) is 4.74 Å². The molecule has 4 rings (SSSR count). The van der Waals surface area contributed by atoms with E-state index < -0.39 is 11.6 Å². The van der Waals surface area contributed by atoms with Crippen LogP contribution in [0.4, 0.5) is 0 Å². The molecule has 1 atom stereocenters. The second kappa shape index (κ2) is 12.5. The summed E-state index contributed by atoms with van der Waals surface area (Å²) in [4.78, 5) is 29.2. The third-order valence-electron chi connectivity index (χ3n) is 6.38. The molecule has 2 amide bonds. The number of nitrogens with one attached hydrogen (secondary N) is 1. The lowest BCUT2D eigenvalue weighted by Gasteiger charge is -2.34. The smallest absolute Gasteiger partial charge is 0.261 e. The molecule has 1 N–H and O–H groups in total. The molecule has 0 bridgehead atoms. The molecule has 202 valence electrons. The van der Waals surface area contributed by atoms with Crippen molar-refractivity contribution < 1.29 is 14.3 Å². The lowest BCUT2D eigenvalue weighted by atomic mass is 10.0. The van der Waals surface area contributed by atoms with Crippen molar-refractivity contribution in [3.63, 3.8) is 0 Å². The van der Waals surface area contributed by atoms with Crippen LogP contribution in [-0.2, 0) is 22.6 Å². The molecule has 0 aliphatic carbocycles. The number of halogens is 1. The number of benzene rings is 4. The molecule has 0 aromatic heterocycles. The van der Waals surface area contributed by atoms with Crippen LogP contribution in [0.3, 0.4) is 0 Å². The Balaban J connectivity index is 1.66. The molecule has 0 fully saturated rings. The Hall–Kier alpha value is -3.64. The van der Waals surface area contributed by atoms with Gasteiger partial charge in [-0.1, -0.05) is 90.5 Å². The van der Waals surface area contributed by atoms with Crippen LogP contribution in [0.2, 0.25) is 0 Å². The van der Waals surface area contributed by atoms with Crippen molar-refractivity contribution in [3.05, 3.63) is 112 Å². The number of ether oxygens (including phenoxy) is 1. The third-order valence-corrected chi connectivity index (χ3v) is 7.20. The molecular weight excluding hydrogens is 552 g/mol. The molecule has 0 saturated carbocycles. The van der Waals surface area contributed by atoms with Crippen molar-refractivity contribution in [2.75, 3.05) is 6.61 Å². The van der Waals surface area contributed by atoms with Gasteiger partial charge in [-0.05, 0) is 71.6 Å². The monoisotopic (exact) mass is 586 g/mol. The quantitative estimate of drug-likeness (QED) is 0.233. The molecule has 0 saturated heterocycles. The van der Waals surface area contributed by atoms with Crippen LogP contribution in [0.1, 0.15) is 37.5 Å². The first-order chi connectivity index (χ1) is 18.6. The molecule has 0 aliphatic heterocycles. The second-order valence-corrected chi connectivity index (χ2v) is 11.6. The fraction of sp³-hybridized carbons (Fsp3) is 0.273. The number of carbonyl (C=O) groups excluding carboxylic acids is 2. The molecule has 6 heteroatoms. The molecular formula is C33H35BrN2O3. The van der Waals surface area contributed by atoms with Crippen LogP contribution in [0, 0.1) is 6.92 Å². The first-order valence-corrected chi connectivity index (χ1v) is 13.9. The number of carbonyl (C=O) groups is 2. The summed E-state index contributed by atoms with van der Waals surface area (Å²) in [6.07, 6.45) is 0.389. The highest BCUT2D eigenvalue weighted by molar-refractivity contribution is 9.10. The van der Waals surface area contributed by atoms with Gasteiger partial charge < -0.3 is 15.0 Å². The van der Waals surface area contributed by atoms with E-state index in [9.17, 15) is 9.59 Å². The standard InChI is InChI=1S/C33H35BrN2O3/c1-23-11-10-14-25(19-23)21-36(28(32(38)35-33(2,3)4)20-24-12-6-5-7-13-24)30(37)22-39-29-18-17-26-15-8-9-16-27(26)31(29)34/h5-19,28H,20-22H2,1-4H3,(H,35,38)/t28-/m0/s1. The normalized spacial score (nSPS) is 12.1. The molecule has 0 heterocycles. The molecule has 4 aromatic rings. The number of amides is 2. The van der Waals surface area contributed by atoms with E-state index >= 15 is 0 Å². The predicted octanol–water partition coefficient (Wildman–Crippen LogP) is 6.84. The van der Waals surface area contributed by atoms with Crippen molar-refractivity contribution in [1.82, 2.24) is 10.2 Å². The highest BCUT2D eigenvalue weighted by Crippen LogP contribution is 2.33. The Kier molecular flexibility index (Phi) is 9.08. The van der Waals surface area contributed by atoms with Gasteiger partial charge in [-0.15, -0.1) is 0 Å². The summed E-state index contributed by atoms with van der Waals surface area (Å²) in [7, 11) is 0. The van der Waals surface area contributed by atoms with Crippen LogP contribution >= 0.6 is 15.9 Å². The van der Waals surface area contributed by atoms with E-state index in [-0.39, 0.29) is 25.0 Å². The van der Waals surface area contributed by atoms with Gasteiger partial charge in [0, 0.05) is 18.5 Å².